The van der Waals surface area contributed by atoms with Gasteiger partial charge in [0.2, 0.25) is 5.91 Å². The maximum Gasteiger partial charge on any atom is 0.333 e. The number of likely N-dealkylation sites (tertiary alicyclic amines) is 1. The van der Waals surface area contributed by atoms with Crippen LogP contribution in [0.5, 0.6) is 0 Å². The van der Waals surface area contributed by atoms with E-state index in [0.717, 1.165) is 38.6 Å². The van der Waals surface area contributed by atoms with Crippen LogP contribution in [0, 0.1) is 0 Å². The highest BCUT2D eigenvalue weighted by Crippen LogP contribution is 2.24. The third kappa shape index (κ3) is 8.37. The molecule has 0 saturated carbocycles. The second-order valence-electron chi connectivity index (χ2n) is 7.68. The number of hydrogen-bond donors (Lipinski definition) is 0. The van der Waals surface area contributed by atoms with Crippen molar-refractivity contribution in [2.24, 2.45) is 0 Å². The molecule has 1 heterocycles. The molecule has 150 valence electrons. The summed E-state index contributed by atoms with van der Waals surface area (Å²) in [5.41, 5.74) is 0.634. The average molecular weight is 366 g/mol. The third-order valence-electron chi connectivity index (χ3n) is 5.36. The molecule has 1 amide bonds. The molecular formula is C22H39NO3. The van der Waals surface area contributed by atoms with Crippen molar-refractivity contribution in [2.45, 2.75) is 110 Å². The van der Waals surface area contributed by atoms with Crippen molar-refractivity contribution in [3.05, 3.63) is 11.6 Å². The van der Waals surface area contributed by atoms with Crippen molar-refractivity contribution in [1.82, 2.24) is 4.90 Å². The van der Waals surface area contributed by atoms with Gasteiger partial charge in [0, 0.05) is 31.0 Å². The molecule has 1 aliphatic rings. The molecule has 1 saturated heterocycles. The zero-order chi connectivity index (χ0) is 19.4. The lowest BCUT2D eigenvalue weighted by Gasteiger charge is -2.27. The van der Waals surface area contributed by atoms with E-state index in [1.54, 1.807) is 13.0 Å². The van der Waals surface area contributed by atoms with Crippen molar-refractivity contribution in [2.75, 3.05) is 6.54 Å². The zero-order valence-electron chi connectivity index (χ0n) is 17.4. The Morgan fingerprint density at radius 3 is 2.46 bits per heavy atom. The molecule has 0 aliphatic carbocycles. The van der Waals surface area contributed by atoms with E-state index in [1.165, 1.54) is 32.1 Å². The maximum absolute atomic E-state index is 12.6. The standard InChI is InChI=1S/C22H39NO3/c1-5-7-8-9-10-11-12-15-21(24)23-16-13-14-20(23)17-19(4)26-22(25)18(3)6-2/h6,19-20H,5,7-17H2,1-4H3/b18-6+/t19-,20+/m1/s1. The van der Waals surface area contributed by atoms with Crippen LogP contribution in [-0.4, -0.2) is 35.5 Å². The predicted molar refractivity (Wildman–Crippen MR) is 107 cm³/mol. The van der Waals surface area contributed by atoms with E-state index in [2.05, 4.69) is 6.92 Å². The highest BCUT2D eigenvalue weighted by Gasteiger charge is 2.30. The highest BCUT2D eigenvalue weighted by atomic mass is 16.5. The van der Waals surface area contributed by atoms with Crippen molar-refractivity contribution in [3.8, 4) is 0 Å². The fourth-order valence-electron chi connectivity index (χ4n) is 3.61. The van der Waals surface area contributed by atoms with Crippen LogP contribution in [0.1, 0.15) is 98.3 Å². The molecule has 0 radical (unpaired) electrons. The van der Waals surface area contributed by atoms with Gasteiger partial charge in [-0.1, -0.05) is 51.5 Å². The Hall–Kier alpha value is -1.32. The lowest BCUT2D eigenvalue weighted by Crippen LogP contribution is -2.37. The Balaban J connectivity index is 2.30. The molecule has 0 aromatic carbocycles. The Labute approximate surface area is 160 Å². The summed E-state index contributed by atoms with van der Waals surface area (Å²) in [7, 11) is 0. The minimum atomic E-state index is -0.251. The Kier molecular flexibility index (Phi) is 11.3. The first-order valence-electron chi connectivity index (χ1n) is 10.6. The molecule has 0 N–H and O–H groups in total. The predicted octanol–water partition coefficient (Wildman–Crippen LogP) is 5.41. The minimum Gasteiger partial charge on any atom is -0.459 e. The molecular weight excluding hydrogens is 326 g/mol. The summed E-state index contributed by atoms with van der Waals surface area (Å²) in [6.45, 7) is 8.62. The lowest BCUT2D eigenvalue weighted by molar-refractivity contribution is -0.144. The van der Waals surface area contributed by atoms with Crippen LogP contribution >= 0.6 is 0 Å². The van der Waals surface area contributed by atoms with Gasteiger partial charge in [-0.25, -0.2) is 4.79 Å². The minimum absolute atomic E-state index is 0.158. The van der Waals surface area contributed by atoms with Crippen LogP contribution in [0.4, 0.5) is 0 Å². The van der Waals surface area contributed by atoms with Crippen LogP contribution in [0.25, 0.3) is 0 Å². The van der Waals surface area contributed by atoms with Crippen LogP contribution in [-0.2, 0) is 14.3 Å². The van der Waals surface area contributed by atoms with Crippen molar-refractivity contribution >= 4 is 11.9 Å². The van der Waals surface area contributed by atoms with E-state index in [1.807, 2.05) is 18.7 Å². The molecule has 0 bridgehead atoms. The van der Waals surface area contributed by atoms with E-state index in [-0.39, 0.29) is 24.0 Å². The number of carbonyl (C=O) groups is 2. The van der Waals surface area contributed by atoms with Crippen LogP contribution in [0.2, 0.25) is 0 Å². The molecule has 0 aromatic rings. The smallest absolute Gasteiger partial charge is 0.333 e. The van der Waals surface area contributed by atoms with Gasteiger partial charge in [0.1, 0.15) is 6.10 Å². The summed E-state index contributed by atoms with van der Waals surface area (Å²) in [5, 5.41) is 0. The number of esters is 1. The SMILES string of the molecule is C/C=C(\C)C(=O)O[C@H](C)C[C@@H]1CCCN1C(=O)CCCCCCCCC. The van der Waals surface area contributed by atoms with Crippen molar-refractivity contribution < 1.29 is 14.3 Å². The van der Waals surface area contributed by atoms with Gasteiger partial charge in [0.25, 0.3) is 0 Å². The topological polar surface area (TPSA) is 46.6 Å². The first-order valence-corrected chi connectivity index (χ1v) is 10.6. The van der Waals surface area contributed by atoms with E-state index in [0.29, 0.717) is 12.0 Å². The molecule has 26 heavy (non-hydrogen) atoms. The second-order valence-corrected chi connectivity index (χ2v) is 7.68. The summed E-state index contributed by atoms with van der Waals surface area (Å²) >= 11 is 0. The van der Waals surface area contributed by atoms with Gasteiger partial charge in [-0.15, -0.1) is 0 Å². The summed E-state index contributed by atoms with van der Waals surface area (Å²) in [6.07, 6.45) is 13.7. The Morgan fingerprint density at radius 1 is 1.15 bits per heavy atom. The number of unbranched alkanes of at least 4 members (excludes halogenated alkanes) is 6. The van der Waals surface area contributed by atoms with Gasteiger partial charge in [-0.3, -0.25) is 4.79 Å². The Morgan fingerprint density at radius 2 is 1.81 bits per heavy atom. The fraction of sp³-hybridized carbons (Fsp3) is 0.818. The average Bonchev–Trinajstić information content (AvgIpc) is 3.07. The highest BCUT2D eigenvalue weighted by molar-refractivity contribution is 5.87. The van der Waals surface area contributed by atoms with E-state index >= 15 is 0 Å². The summed E-state index contributed by atoms with van der Waals surface area (Å²) < 4.78 is 5.49. The van der Waals surface area contributed by atoms with Crippen molar-refractivity contribution in [1.29, 1.82) is 0 Å². The summed E-state index contributed by atoms with van der Waals surface area (Å²) in [4.78, 5) is 26.5. The first-order chi connectivity index (χ1) is 12.5. The van der Waals surface area contributed by atoms with Gasteiger partial charge in [-0.05, 0) is 40.0 Å². The van der Waals surface area contributed by atoms with Crippen LogP contribution in [0.15, 0.2) is 11.6 Å². The Bertz CT molecular complexity index is 458. The molecule has 0 unspecified atom stereocenters. The number of amides is 1. The molecule has 1 aliphatic heterocycles. The molecule has 0 aromatic heterocycles. The summed E-state index contributed by atoms with van der Waals surface area (Å²) in [6, 6.07) is 0.223. The number of hydrogen-bond acceptors (Lipinski definition) is 3. The van der Waals surface area contributed by atoms with E-state index < -0.39 is 0 Å². The molecule has 2 atom stereocenters. The molecule has 4 heteroatoms. The largest absolute Gasteiger partial charge is 0.459 e. The number of ether oxygens (including phenoxy) is 1. The monoisotopic (exact) mass is 365 g/mol. The zero-order valence-corrected chi connectivity index (χ0v) is 17.4. The normalized spacial score (nSPS) is 18.8. The number of carbonyl (C=O) groups excluding carboxylic acids is 2. The lowest BCUT2D eigenvalue weighted by atomic mass is 10.1. The second kappa shape index (κ2) is 12.9. The van der Waals surface area contributed by atoms with Gasteiger partial charge < -0.3 is 9.64 Å². The van der Waals surface area contributed by atoms with Crippen LogP contribution in [0.3, 0.4) is 0 Å². The van der Waals surface area contributed by atoms with Crippen LogP contribution < -0.4 is 0 Å². The summed E-state index contributed by atoms with van der Waals surface area (Å²) in [5.74, 6) is 0.0307. The molecule has 1 rings (SSSR count). The number of allylic oxidation sites excluding steroid dienone is 1. The molecule has 0 spiro atoms. The maximum atomic E-state index is 12.6. The first kappa shape index (κ1) is 22.7. The van der Waals surface area contributed by atoms with E-state index in [9.17, 15) is 9.59 Å². The molecule has 4 nitrogen and oxygen atoms in total. The third-order valence-corrected chi connectivity index (χ3v) is 5.36. The van der Waals surface area contributed by atoms with Gasteiger partial charge >= 0.3 is 5.97 Å². The fourth-order valence-corrected chi connectivity index (χ4v) is 3.61. The number of nitrogens with zero attached hydrogens (tertiary/aromatic N) is 1. The van der Waals surface area contributed by atoms with E-state index in [4.69, 9.17) is 4.74 Å². The van der Waals surface area contributed by atoms with Gasteiger partial charge in [0.05, 0.1) is 0 Å². The number of rotatable bonds is 12. The van der Waals surface area contributed by atoms with Crippen molar-refractivity contribution in [3.63, 3.8) is 0 Å². The quantitative estimate of drug-likeness (QED) is 0.264. The van der Waals surface area contributed by atoms with Gasteiger partial charge in [-0.2, -0.15) is 0 Å². The molecule has 1 fully saturated rings. The van der Waals surface area contributed by atoms with Gasteiger partial charge in [0.15, 0.2) is 0 Å².